The summed E-state index contributed by atoms with van der Waals surface area (Å²) in [5.74, 6) is 0.432. The first kappa shape index (κ1) is 16.3. The molecule has 1 unspecified atom stereocenters. The van der Waals surface area contributed by atoms with Crippen molar-refractivity contribution in [3.05, 3.63) is 29.8 Å². The Bertz CT molecular complexity index is 668. The maximum atomic E-state index is 11.8. The summed E-state index contributed by atoms with van der Waals surface area (Å²) in [6.07, 6.45) is 0.169. The number of nitrogens with zero attached hydrogens (tertiary/aromatic N) is 1. The molecule has 0 fully saturated rings. The van der Waals surface area contributed by atoms with Crippen LogP contribution < -0.4 is 10.6 Å². The van der Waals surface area contributed by atoms with E-state index < -0.39 is 15.9 Å². The van der Waals surface area contributed by atoms with Crippen molar-refractivity contribution in [1.82, 2.24) is 10.6 Å². The van der Waals surface area contributed by atoms with Gasteiger partial charge in [-0.3, -0.25) is 10.3 Å². The lowest BCUT2D eigenvalue weighted by molar-refractivity contribution is 0.176. The Hall–Kier alpha value is -2.09. The molecule has 0 bridgehead atoms. The van der Waals surface area contributed by atoms with Gasteiger partial charge in [0.05, 0.1) is 23.8 Å². The van der Waals surface area contributed by atoms with E-state index in [1.165, 1.54) is 7.11 Å². The molecule has 0 aliphatic carbocycles. The van der Waals surface area contributed by atoms with E-state index in [0.29, 0.717) is 17.4 Å². The zero-order chi connectivity index (χ0) is 16.2. The van der Waals surface area contributed by atoms with Crippen LogP contribution in [-0.2, 0) is 14.6 Å². The van der Waals surface area contributed by atoms with E-state index >= 15 is 0 Å². The highest BCUT2D eigenvalue weighted by Crippen LogP contribution is 2.21. The van der Waals surface area contributed by atoms with Crippen LogP contribution in [0.4, 0.5) is 4.79 Å². The fourth-order valence-electron chi connectivity index (χ4n) is 2.14. The van der Waals surface area contributed by atoms with Crippen molar-refractivity contribution < 1.29 is 17.9 Å². The summed E-state index contributed by atoms with van der Waals surface area (Å²) in [5.41, 5.74) is 0.939. The van der Waals surface area contributed by atoms with Crippen LogP contribution >= 0.6 is 0 Å². The molecule has 0 saturated heterocycles. The minimum absolute atomic E-state index is 0.0389. The number of sulfone groups is 1. The number of amides is 1. The van der Waals surface area contributed by atoms with E-state index in [2.05, 4.69) is 20.4 Å². The van der Waals surface area contributed by atoms with Gasteiger partial charge in [-0.1, -0.05) is 19.1 Å². The van der Waals surface area contributed by atoms with Crippen molar-refractivity contribution in [2.75, 3.05) is 19.4 Å². The molecule has 2 rings (SSSR count). The van der Waals surface area contributed by atoms with Gasteiger partial charge in [0.25, 0.3) is 0 Å². The van der Waals surface area contributed by atoms with E-state index in [4.69, 9.17) is 0 Å². The molecule has 0 spiro atoms. The Balaban J connectivity index is 2.10. The molecular weight excluding hydrogens is 306 g/mol. The van der Waals surface area contributed by atoms with Crippen molar-refractivity contribution in [3.63, 3.8) is 0 Å². The van der Waals surface area contributed by atoms with Crippen LogP contribution in [-0.4, -0.2) is 39.9 Å². The lowest BCUT2D eigenvalue weighted by Gasteiger charge is -2.25. The molecule has 1 aromatic carbocycles. The molecule has 22 heavy (non-hydrogen) atoms. The Morgan fingerprint density at radius 3 is 2.68 bits per heavy atom. The molecule has 1 aliphatic rings. The normalized spacial score (nSPS) is 18.1. The van der Waals surface area contributed by atoms with Gasteiger partial charge in [0.1, 0.15) is 0 Å². The quantitative estimate of drug-likeness (QED) is 0.871. The lowest BCUT2D eigenvalue weighted by atomic mass is 10.0. The predicted octanol–water partition coefficient (Wildman–Crippen LogP) is 1.23. The highest BCUT2D eigenvalue weighted by molar-refractivity contribution is 7.91. The summed E-state index contributed by atoms with van der Waals surface area (Å²) in [6, 6.07) is 6.73. The molecule has 7 nitrogen and oxygen atoms in total. The van der Waals surface area contributed by atoms with E-state index in [-0.39, 0.29) is 11.8 Å². The molecule has 1 amide bonds. The molecule has 1 heterocycles. The summed E-state index contributed by atoms with van der Waals surface area (Å²) in [5, 5.41) is 5.59. The number of ether oxygens (including phenoxy) is 1. The number of carbonyl (C=O) groups excluding carboxylic acids is 1. The molecule has 1 atom stereocenters. The first-order valence-corrected chi connectivity index (χ1v) is 8.60. The summed E-state index contributed by atoms with van der Waals surface area (Å²) >= 11 is 0. The van der Waals surface area contributed by atoms with Gasteiger partial charge in [-0.25, -0.2) is 13.2 Å². The topological polar surface area (TPSA) is 96.9 Å². The number of hydrogen-bond donors (Lipinski definition) is 2. The third-order valence-corrected chi connectivity index (χ3v) is 5.18. The van der Waals surface area contributed by atoms with E-state index in [1.807, 2.05) is 0 Å². The number of guanidine groups is 1. The van der Waals surface area contributed by atoms with Gasteiger partial charge in [-0.05, 0) is 24.1 Å². The Kier molecular flexibility index (Phi) is 5.02. The SMILES string of the molecule is CCS(=O)(=O)c1ccc(C2CCN=C(NC(=O)OC)N2)cc1. The van der Waals surface area contributed by atoms with Gasteiger partial charge < -0.3 is 10.1 Å². The minimum Gasteiger partial charge on any atom is -0.453 e. The van der Waals surface area contributed by atoms with Crippen molar-refractivity contribution in [1.29, 1.82) is 0 Å². The monoisotopic (exact) mass is 325 g/mol. The van der Waals surface area contributed by atoms with Crippen molar-refractivity contribution in [2.24, 2.45) is 4.99 Å². The standard InChI is InChI=1S/C14H19N3O4S/c1-3-22(19,20)11-6-4-10(5-7-11)12-8-9-15-13(16-12)17-14(18)21-2/h4-7,12H,3,8-9H2,1-2H3,(H2,15,16,17,18). The molecule has 1 aliphatic heterocycles. The number of nitrogens with one attached hydrogen (secondary N) is 2. The number of alkyl carbamates (subject to hydrolysis) is 1. The van der Waals surface area contributed by atoms with Gasteiger partial charge in [0.2, 0.25) is 5.96 Å². The first-order chi connectivity index (χ1) is 10.5. The summed E-state index contributed by atoms with van der Waals surface area (Å²) < 4.78 is 28.1. The van der Waals surface area contributed by atoms with E-state index in [1.54, 1.807) is 31.2 Å². The average molecular weight is 325 g/mol. The van der Waals surface area contributed by atoms with Crippen LogP contribution in [0.15, 0.2) is 34.2 Å². The summed E-state index contributed by atoms with van der Waals surface area (Å²) in [7, 11) is -1.91. The van der Waals surface area contributed by atoms with Crippen LogP contribution in [0.3, 0.4) is 0 Å². The highest BCUT2D eigenvalue weighted by atomic mass is 32.2. The minimum atomic E-state index is -3.19. The number of aliphatic imine (C=N–C) groups is 1. The fraction of sp³-hybridized carbons (Fsp3) is 0.429. The van der Waals surface area contributed by atoms with Gasteiger partial charge in [0.15, 0.2) is 9.84 Å². The van der Waals surface area contributed by atoms with Gasteiger partial charge >= 0.3 is 6.09 Å². The van der Waals surface area contributed by atoms with E-state index in [9.17, 15) is 13.2 Å². The van der Waals surface area contributed by atoms with Gasteiger partial charge in [-0.15, -0.1) is 0 Å². The Morgan fingerprint density at radius 1 is 1.41 bits per heavy atom. The second-order valence-corrected chi connectivity index (χ2v) is 7.08. The number of rotatable bonds is 3. The van der Waals surface area contributed by atoms with Gasteiger partial charge in [-0.2, -0.15) is 0 Å². The second-order valence-electron chi connectivity index (χ2n) is 4.80. The number of carbonyl (C=O) groups is 1. The third-order valence-electron chi connectivity index (χ3n) is 3.43. The zero-order valence-electron chi connectivity index (χ0n) is 12.5. The van der Waals surface area contributed by atoms with Crippen molar-refractivity contribution >= 4 is 21.9 Å². The fourth-order valence-corrected chi connectivity index (χ4v) is 3.02. The molecule has 2 N–H and O–H groups in total. The number of hydrogen-bond acceptors (Lipinski definition) is 6. The molecular formula is C14H19N3O4S. The second kappa shape index (κ2) is 6.78. The lowest BCUT2D eigenvalue weighted by Crippen LogP contribution is -2.45. The molecule has 1 aromatic rings. The highest BCUT2D eigenvalue weighted by Gasteiger charge is 2.20. The van der Waals surface area contributed by atoms with Crippen LogP contribution in [0.5, 0.6) is 0 Å². The Labute approximate surface area is 129 Å². The average Bonchev–Trinajstić information content (AvgIpc) is 2.55. The van der Waals surface area contributed by atoms with E-state index in [0.717, 1.165) is 12.0 Å². The summed E-state index contributed by atoms with van der Waals surface area (Å²) in [6.45, 7) is 2.18. The molecule has 120 valence electrons. The Morgan fingerprint density at radius 2 is 2.09 bits per heavy atom. The van der Waals surface area contributed by atoms with Crippen LogP contribution in [0.1, 0.15) is 24.9 Å². The van der Waals surface area contributed by atoms with Crippen molar-refractivity contribution in [2.45, 2.75) is 24.3 Å². The number of methoxy groups -OCH3 is 1. The summed E-state index contributed by atoms with van der Waals surface area (Å²) in [4.78, 5) is 15.7. The van der Waals surface area contributed by atoms with Crippen LogP contribution in [0.25, 0.3) is 0 Å². The smallest absolute Gasteiger partial charge is 0.413 e. The van der Waals surface area contributed by atoms with Crippen LogP contribution in [0.2, 0.25) is 0 Å². The maximum absolute atomic E-state index is 11.8. The van der Waals surface area contributed by atoms with Crippen LogP contribution in [0, 0.1) is 0 Å². The molecule has 0 aromatic heterocycles. The zero-order valence-corrected chi connectivity index (χ0v) is 13.3. The largest absolute Gasteiger partial charge is 0.453 e. The predicted molar refractivity (Wildman–Crippen MR) is 82.5 cm³/mol. The first-order valence-electron chi connectivity index (χ1n) is 6.95. The van der Waals surface area contributed by atoms with Crippen molar-refractivity contribution in [3.8, 4) is 0 Å². The van der Waals surface area contributed by atoms with Gasteiger partial charge in [0, 0.05) is 6.54 Å². The number of benzene rings is 1. The molecule has 0 radical (unpaired) electrons. The molecule has 8 heteroatoms. The molecule has 0 saturated carbocycles. The maximum Gasteiger partial charge on any atom is 0.413 e. The third kappa shape index (κ3) is 3.76.